The zero-order valence-corrected chi connectivity index (χ0v) is 10.9. The Labute approximate surface area is 113 Å². The molecule has 0 fully saturated rings. The zero-order chi connectivity index (χ0) is 13.5. The van der Waals surface area contributed by atoms with Gasteiger partial charge in [0.25, 0.3) is 5.78 Å². The van der Waals surface area contributed by atoms with E-state index in [0.29, 0.717) is 10.9 Å². The van der Waals surface area contributed by atoms with Gasteiger partial charge in [0.2, 0.25) is 0 Å². The maximum absolute atomic E-state index is 13.0. The number of rotatable bonds is 1. The monoisotopic (exact) mass is 305 g/mol. The molecule has 2 aromatic rings. The molecule has 0 saturated carbocycles. The Morgan fingerprint density at radius 1 is 1.37 bits per heavy atom. The van der Waals surface area contributed by atoms with Crippen LogP contribution in [0.1, 0.15) is 5.69 Å². The van der Waals surface area contributed by atoms with Gasteiger partial charge >= 0.3 is 6.18 Å². The molecule has 100 valence electrons. The van der Waals surface area contributed by atoms with Crippen molar-refractivity contribution < 1.29 is 13.2 Å². The number of thioether (sulfide) groups is 2. The zero-order valence-electron chi connectivity index (χ0n) is 9.26. The second-order valence-electron chi connectivity index (χ2n) is 3.53. The second kappa shape index (κ2) is 4.67. The Morgan fingerprint density at radius 3 is 2.89 bits per heavy atom. The molecule has 0 bridgehead atoms. The summed E-state index contributed by atoms with van der Waals surface area (Å²) in [7, 11) is 0. The number of aliphatic imine (C=N–C) groups is 1. The summed E-state index contributed by atoms with van der Waals surface area (Å²) in [6.07, 6.45) is -1.76. The average Bonchev–Trinajstić information content (AvgIpc) is 2.96. The first-order valence-corrected chi connectivity index (χ1v) is 6.98. The van der Waals surface area contributed by atoms with Gasteiger partial charge in [0.15, 0.2) is 10.7 Å². The van der Waals surface area contributed by atoms with Crippen LogP contribution < -0.4 is 0 Å². The number of hydrogen-bond acceptors (Lipinski definition) is 6. The lowest BCUT2D eigenvalue weighted by molar-refractivity contribution is -0.143. The van der Waals surface area contributed by atoms with Crippen molar-refractivity contribution in [2.24, 2.45) is 4.99 Å². The van der Waals surface area contributed by atoms with Crippen LogP contribution in [0.15, 0.2) is 22.4 Å². The fraction of sp³-hybridized carbons (Fsp3) is 0.333. The minimum atomic E-state index is -4.56. The van der Waals surface area contributed by atoms with E-state index < -0.39 is 11.9 Å². The van der Waals surface area contributed by atoms with E-state index in [0.717, 1.165) is 17.5 Å². The molecule has 5 nitrogen and oxygen atoms in total. The fourth-order valence-corrected chi connectivity index (χ4v) is 3.42. The molecular weight excluding hydrogens is 299 g/mol. The number of aromatic nitrogens is 4. The molecule has 0 amide bonds. The summed E-state index contributed by atoms with van der Waals surface area (Å²) < 4.78 is 40.7. The van der Waals surface area contributed by atoms with Gasteiger partial charge in [-0.2, -0.15) is 18.3 Å². The van der Waals surface area contributed by atoms with Gasteiger partial charge in [0.1, 0.15) is 4.38 Å². The molecule has 0 N–H and O–H groups in total. The van der Waals surface area contributed by atoms with E-state index in [9.17, 15) is 13.2 Å². The first-order valence-electron chi connectivity index (χ1n) is 5.18. The van der Waals surface area contributed by atoms with Crippen LogP contribution in [-0.2, 0) is 6.18 Å². The molecule has 1 aliphatic heterocycles. The van der Waals surface area contributed by atoms with Crippen LogP contribution in [0.4, 0.5) is 13.2 Å². The van der Waals surface area contributed by atoms with Gasteiger partial charge < -0.3 is 0 Å². The molecule has 0 saturated heterocycles. The SMILES string of the molecule is FC(F)(F)c1nc2nccn2nc1SC1=NCCS1. The van der Waals surface area contributed by atoms with Crippen molar-refractivity contribution in [3.63, 3.8) is 0 Å². The number of halogens is 3. The van der Waals surface area contributed by atoms with E-state index in [4.69, 9.17) is 0 Å². The standard InChI is InChI=1S/C9H6F3N5S2/c10-9(11,12)5-6(19-8-14-2-4-18-8)16-17-3-1-13-7(17)15-5/h1,3H,2,4H2. The van der Waals surface area contributed by atoms with Crippen LogP contribution >= 0.6 is 23.5 Å². The Balaban J connectivity index is 2.08. The van der Waals surface area contributed by atoms with Crippen molar-refractivity contribution >= 4 is 33.7 Å². The quantitative estimate of drug-likeness (QED) is 0.809. The molecule has 3 rings (SSSR count). The smallest absolute Gasteiger partial charge is 0.271 e. The van der Waals surface area contributed by atoms with Gasteiger partial charge in [-0.3, -0.25) is 4.99 Å². The third-order valence-corrected chi connectivity index (χ3v) is 4.36. The second-order valence-corrected chi connectivity index (χ2v) is 5.85. The molecule has 19 heavy (non-hydrogen) atoms. The Kier molecular flexibility index (Phi) is 3.13. The highest BCUT2D eigenvalue weighted by Crippen LogP contribution is 2.37. The van der Waals surface area contributed by atoms with Crippen molar-refractivity contribution in [3.8, 4) is 0 Å². The van der Waals surface area contributed by atoms with E-state index in [1.807, 2.05) is 0 Å². The van der Waals surface area contributed by atoms with Gasteiger partial charge in [-0.05, 0) is 11.8 Å². The Morgan fingerprint density at radius 2 is 2.21 bits per heavy atom. The summed E-state index contributed by atoms with van der Waals surface area (Å²) in [5, 5.41) is 3.70. The summed E-state index contributed by atoms with van der Waals surface area (Å²) in [5.41, 5.74) is -1.02. The fourth-order valence-electron chi connectivity index (χ4n) is 1.45. The number of hydrogen-bond donors (Lipinski definition) is 0. The summed E-state index contributed by atoms with van der Waals surface area (Å²) >= 11 is 2.31. The van der Waals surface area contributed by atoms with Gasteiger partial charge in [-0.25, -0.2) is 14.5 Å². The van der Waals surface area contributed by atoms with E-state index in [1.165, 1.54) is 28.7 Å². The summed E-state index contributed by atoms with van der Waals surface area (Å²) in [4.78, 5) is 11.3. The van der Waals surface area contributed by atoms with Crippen LogP contribution in [0, 0.1) is 0 Å². The van der Waals surface area contributed by atoms with Crippen LogP contribution in [0.25, 0.3) is 5.78 Å². The van der Waals surface area contributed by atoms with Crippen molar-refractivity contribution in [3.05, 3.63) is 18.1 Å². The molecule has 10 heteroatoms. The highest BCUT2D eigenvalue weighted by Gasteiger charge is 2.38. The third-order valence-electron chi connectivity index (χ3n) is 2.23. The van der Waals surface area contributed by atoms with Crippen LogP contribution in [0.5, 0.6) is 0 Å². The Bertz CT molecular complexity index is 651. The maximum atomic E-state index is 13.0. The van der Waals surface area contributed by atoms with Gasteiger partial charge in [-0.1, -0.05) is 11.8 Å². The number of nitrogens with zero attached hydrogens (tertiary/aromatic N) is 5. The third kappa shape index (κ3) is 2.54. The molecule has 3 heterocycles. The molecule has 0 aromatic carbocycles. The highest BCUT2D eigenvalue weighted by atomic mass is 32.2. The molecule has 0 unspecified atom stereocenters. The molecule has 0 aliphatic carbocycles. The minimum Gasteiger partial charge on any atom is -0.271 e. The number of fused-ring (bicyclic) bond motifs is 1. The topological polar surface area (TPSA) is 55.4 Å². The van der Waals surface area contributed by atoms with Crippen molar-refractivity contribution in [2.45, 2.75) is 11.2 Å². The molecule has 0 radical (unpaired) electrons. The summed E-state index contributed by atoms with van der Waals surface area (Å²) in [6.45, 7) is 0.620. The normalized spacial score (nSPS) is 16.1. The predicted octanol–water partition coefficient (Wildman–Crippen LogP) is 2.34. The lowest BCUT2D eigenvalue weighted by Crippen LogP contribution is -2.14. The lowest BCUT2D eigenvalue weighted by atomic mass is 10.4. The first kappa shape index (κ1) is 12.7. The van der Waals surface area contributed by atoms with Crippen molar-refractivity contribution in [1.82, 2.24) is 19.6 Å². The molecule has 1 aliphatic rings. The number of alkyl halides is 3. The lowest BCUT2D eigenvalue weighted by Gasteiger charge is -2.10. The van der Waals surface area contributed by atoms with Crippen molar-refractivity contribution in [2.75, 3.05) is 12.3 Å². The van der Waals surface area contributed by atoms with E-state index in [-0.39, 0.29) is 10.8 Å². The van der Waals surface area contributed by atoms with E-state index in [1.54, 1.807) is 0 Å². The average molecular weight is 305 g/mol. The summed E-state index contributed by atoms with van der Waals surface area (Å²) in [5.74, 6) is 0.711. The molecule has 0 spiro atoms. The van der Waals surface area contributed by atoms with Crippen molar-refractivity contribution in [1.29, 1.82) is 0 Å². The molecule has 0 atom stereocenters. The largest absolute Gasteiger partial charge is 0.436 e. The highest BCUT2D eigenvalue weighted by molar-refractivity contribution is 8.39. The van der Waals surface area contributed by atoms with E-state index in [2.05, 4.69) is 20.1 Å². The van der Waals surface area contributed by atoms with Gasteiger partial charge in [0, 0.05) is 11.9 Å². The van der Waals surface area contributed by atoms with Crippen LogP contribution in [0.3, 0.4) is 0 Å². The Hall–Kier alpha value is -1.29. The van der Waals surface area contributed by atoms with E-state index >= 15 is 0 Å². The van der Waals surface area contributed by atoms with Gasteiger partial charge in [0.05, 0.1) is 12.7 Å². The summed E-state index contributed by atoms with van der Waals surface area (Å²) in [6, 6.07) is 0. The molecular formula is C9H6F3N5S2. The first-order chi connectivity index (χ1) is 9.04. The number of imidazole rings is 1. The molecule has 2 aromatic heterocycles. The minimum absolute atomic E-state index is 0.0716. The van der Waals surface area contributed by atoms with Crippen LogP contribution in [0.2, 0.25) is 0 Å². The maximum Gasteiger partial charge on any atom is 0.436 e. The van der Waals surface area contributed by atoms with Crippen LogP contribution in [-0.4, -0.2) is 36.3 Å². The van der Waals surface area contributed by atoms with Gasteiger partial charge in [-0.15, -0.1) is 0 Å². The predicted molar refractivity (Wildman–Crippen MR) is 66.4 cm³/mol.